The lowest BCUT2D eigenvalue weighted by Crippen LogP contribution is -2.30. The number of nitrogens with zero attached hydrogens (tertiary/aromatic N) is 1. The zero-order valence-electron chi connectivity index (χ0n) is 11.2. The molecule has 0 aromatic rings. The molecule has 0 aromatic carbocycles. The van der Waals surface area contributed by atoms with Crippen molar-refractivity contribution in [3.63, 3.8) is 0 Å². The highest BCUT2D eigenvalue weighted by Gasteiger charge is 2.32. The summed E-state index contributed by atoms with van der Waals surface area (Å²) >= 11 is 0. The molecule has 108 valence electrons. The van der Waals surface area contributed by atoms with Crippen molar-refractivity contribution in [2.75, 3.05) is 20.1 Å². The molecule has 2 rings (SSSR count). The van der Waals surface area contributed by atoms with Gasteiger partial charge in [0.25, 0.3) is 0 Å². The summed E-state index contributed by atoms with van der Waals surface area (Å²) in [6, 6.07) is 0. The minimum atomic E-state index is -4.56. The largest absolute Gasteiger partial charge is 0.572 e. The Morgan fingerprint density at radius 2 is 1.89 bits per heavy atom. The van der Waals surface area contributed by atoms with Crippen LogP contribution in [-0.2, 0) is 4.74 Å². The van der Waals surface area contributed by atoms with E-state index in [1.807, 2.05) is 6.08 Å². The van der Waals surface area contributed by atoms with E-state index in [-0.39, 0.29) is 5.76 Å². The summed E-state index contributed by atoms with van der Waals surface area (Å²) in [4.78, 5) is 2.32. The lowest BCUT2D eigenvalue weighted by Gasteiger charge is -2.30. The van der Waals surface area contributed by atoms with E-state index in [4.69, 9.17) is 0 Å². The van der Waals surface area contributed by atoms with Gasteiger partial charge in [0.2, 0.25) is 0 Å². The van der Waals surface area contributed by atoms with E-state index in [1.165, 1.54) is 24.5 Å². The molecule has 0 unspecified atom stereocenters. The van der Waals surface area contributed by atoms with Gasteiger partial charge < -0.3 is 9.64 Å². The zero-order valence-corrected chi connectivity index (χ0v) is 11.2. The van der Waals surface area contributed by atoms with Crippen LogP contribution < -0.4 is 0 Å². The average Bonchev–Trinajstić information content (AvgIpc) is 2.33. The van der Waals surface area contributed by atoms with Crippen LogP contribution in [0, 0.1) is 5.92 Å². The first-order valence-corrected chi connectivity index (χ1v) is 6.75. The number of piperidine rings is 1. The third kappa shape index (κ3) is 4.90. The van der Waals surface area contributed by atoms with Crippen LogP contribution in [-0.4, -0.2) is 31.4 Å². The Morgan fingerprint density at radius 1 is 1.21 bits per heavy atom. The number of rotatable bonds is 3. The zero-order chi connectivity index (χ0) is 13.9. The Labute approximate surface area is 111 Å². The van der Waals surface area contributed by atoms with E-state index in [9.17, 15) is 13.2 Å². The molecule has 0 spiro atoms. The highest BCUT2D eigenvalue weighted by atomic mass is 19.4. The number of allylic oxidation sites excluding steroid dienone is 4. The van der Waals surface area contributed by atoms with Gasteiger partial charge in [-0.2, -0.15) is 0 Å². The second-order valence-electron chi connectivity index (χ2n) is 5.46. The summed E-state index contributed by atoms with van der Waals surface area (Å²) in [5.74, 6) is 0.709. The number of ether oxygens (including phenoxy) is 1. The summed E-state index contributed by atoms with van der Waals surface area (Å²) in [6.45, 7) is 2.24. The van der Waals surface area contributed by atoms with Crippen LogP contribution in [0.3, 0.4) is 0 Å². The van der Waals surface area contributed by atoms with Crippen molar-refractivity contribution in [3.05, 3.63) is 23.5 Å². The van der Waals surface area contributed by atoms with Crippen molar-refractivity contribution < 1.29 is 17.9 Å². The summed E-state index contributed by atoms with van der Waals surface area (Å²) in [5, 5.41) is 0. The Bertz CT molecular complexity index is 365. The number of hydrogen-bond donors (Lipinski definition) is 0. The predicted molar refractivity (Wildman–Crippen MR) is 67.4 cm³/mol. The second-order valence-corrected chi connectivity index (χ2v) is 5.46. The average molecular weight is 275 g/mol. The van der Waals surface area contributed by atoms with Crippen LogP contribution in [0.15, 0.2) is 23.5 Å². The SMILES string of the molecule is CN1CCC(CC2=CC=C(OC(F)(F)F)CC2)CC1. The minimum Gasteiger partial charge on any atom is -0.410 e. The van der Waals surface area contributed by atoms with Crippen LogP contribution in [0.4, 0.5) is 13.2 Å². The van der Waals surface area contributed by atoms with E-state index in [0.29, 0.717) is 18.8 Å². The van der Waals surface area contributed by atoms with E-state index in [2.05, 4.69) is 16.7 Å². The van der Waals surface area contributed by atoms with Crippen molar-refractivity contribution in [3.8, 4) is 0 Å². The predicted octanol–water partition coefficient (Wildman–Crippen LogP) is 3.86. The molecule has 0 saturated carbocycles. The van der Waals surface area contributed by atoms with Gasteiger partial charge in [-0.15, -0.1) is 13.2 Å². The standard InChI is InChI=1S/C14H20F3NO/c1-18-8-6-12(7-9-18)10-11-2-4-13(5-3-11)19-14(15,16)17/h2,4,12H,3,5-10H2,1H3. The van der Waals surface area contributed by atoms with Gasteiger partial charge in [0.15, 0.2) is 0 Å². The van der Waals surface area contributed by atoms with Crippen LogP contribution in [0.1, 0.15) is 32.1 Å². The summed E-state index contributed by atoms with van der Waals surface area (Å²) in [7, 11) is 2.12. The third-order valence-electron chi connectivity index (χ3n) is 3.83. The quantitative estimate of drug-likeness (QED) is 0.775. The number of hydrogen-bond acceptors (Lipinski definition) is 2. The topological polar surface area (TPSA) is 12.5 Å². The molecule has 0 amide bonds. The summed E-state index contributed by atoms with van der Waals surface area (Å²) in [6.07, 6.45) is 3.15. The lowest BCUT2D eigenvalue weighted by atomic mass is 9.87. The van der Waals surface area contributed by atoms with Gasteiger partial charge >= 0.3 is 6.36 Å². The van der Waals surface area contributed by atoms with E-state index >= 15 is 0 Å². The molecule has 5 heteroatoms. The fourth-order valence-electron chi connectivity index (χ4n) is 2.70. The van der Waals surface area contributed by atoms with Gasteiger partial charge in [-0.1, -0.05) is 11.6 Å². The molecule has 1 heterocycles. The summed E-state index contributed by atoms with van der Waals surface area (Å²) < 4.78 is 40.1. The third-order valence-corrected chi connectivity index (χ3v) is 3.83. The Hall–Kier alpha value is -0.970. The molecule has 1 aliphatic carbocycles. The monoisotopic (exact) mass is 275 g/mol. The van der Waals surface area contributed by atoms with Crippen molar-refractivity contribution in [2.24, 2.45) is 5.92 Å². The molecule has 2 aliphatic rings. The molecule has 1 saturated heterocycles. The first-order valence-electron chi connectivity index (χ1n) is 6.75. The molecule has 2 nitrogen and oxygen atoms in total. The van der Waals surface area contributed by atoms with Crippen LogP contribution in [0.5, 0.6) is 0 Å². The van der Waals surface area contributed by atoms with Gasteiger partial charge in [-0.3, -0.25) is 0 Å². The molecule has 0 radical (unpaired) electrons. The van der Waals surface area contributed by atoms with Crippen molar-refractivity contribution >= 4 is 0 Å². The number of halogens is 3. The molecule has 0 atom stereocenters. The van der Waals surface area contributed by atoms with Gasteiger partial charge in [-0.05, 0) is 57.8 Å². The molecule has 19 heavy (non-hydrogen) atoms. The van der Waals surface area contributed by atoms with Gasteiger partial charge in [0, 0.05) is 6.42 Å². The minimum absolute atomic E-state index is 0.0274. The molecule has 1 aliphatic heterocycles. The number of alkyl halides is 3. The first kappa shape index (κ1) is 14.4. The Kier molecular flexibility index (Phi) is 4.55. The lowest BCUT2D eigenvalue weighted by molar-refractivity contribution is -0.306. The maximum Gasteiger partial charge on any atom is 0.572 e. The van der Waals surface area contributed by atoms with E-state index in [0.717, 1.165) is 19.5 Å². The molecular formula is C14H20F3NO. The normalized spacial score (nSPS) is 22.9. The molecule has 0 bridgehead atoms. The molecular weight excluding hydrogens is 255 g/mol. The van der Waals surface area contributed by atoms with Crippen LogP contribution in [0.2, 0.25) is 0 Å². The van der Waals surface area contributed by atoms with Crippen LogP contribution in [0.25, 0.3) is 0 Å². The Morgan fingerprint density at radius 3 is 2.42 bits per heavy atom. The van der Waals surface area contributed by atoms with Crippen molar-refractivity contribution in [1.29, 1.82) is 0 Å². The maximum atomic E-state index is 12.1. The Balaban J connectivity index is 1.83. The molecule has 0 aromatic heterocycles. The van der Waals surface area contributed by atoms with Crippen molar-refractivity contribution in [2.45, 2.75) is 38.5 Å². The van der Waals surface area contributed by atoms with Gasteiger partial charge in [0.1, 0.15) is 5.76 Å². The highest BCUT2D eigenvalue weighted by molar-refractivity contribution is 5.21. The van der Waals surface area contributed by atoms with Crippen molar-refractivity contribution in [1.82, 2.24) is 4.90 Å². The first-order chi connectivity index (χ1) is 8.92. The molecule has 1 fully saturated rings. The fraction of sp³-hybridized carbons (Fsp3) is 0.714. The maximum absolute atomic E-state index is 12.1. The number of likely N-dealkylation sites (tertiary alicyclic amines) is 1. The fourth-order valence-corrected chi connectivity index (χ4v) is 2.70. The smallest absolute Gasteiger partial charge is 0.410 e. The second kappa shape index (κ2) is 5.99. The van der Waals surface area contributed by atoms with E-state index in [1.54, 1.807) is 0 Å². The van der Waals surface area contributed by atoms with E-state index < -0.39 is 6.36 Å². The van der Waals surface area contributed by atoms with Gasteiger partial charge in [0.05, 0.1) is 0 Å². The highest BCUT2D eigenvalue weighted by Crippen LogP contribution is 2.31. The van der Waals surface area contributed by atoms with Gasteiger partial charge in [-0.25, -0.2) is 0 Å². The summed E-state index contributed by atoms with van der Waals surface area (Å²) in [5.41, 5.74) is 1.25. The van der Waals surface area contributed by atoms with Crippen LogP contribution >= 0.6 is 0 Å². The molecule has 0 N–H and O–H groups in total.